The summed E-state index contributed by atoms with van der Waals surface area (Å²) in [5, 5.41) is 0. The van der Waals surface area contributed by atoms with Crippen LogP contribution in [0.2, 0.25) is 0 Å². The molecule has 0 aromatic carbocycles. The lowest BCUT2D eigenvalue weighted by Gasteiger charge is -2.31. The Kier molecular flexibility index (Phi) is 1.67. The van der Waals surface area contributed by atoms with Gasteiger partial charge in [0.2, 0.25) is 0 Å². The minimum Gasteiger partial charge on any atom is -0.347 e. The maximum Gasteiger partial charge on any atom is 0.172 e. The zero-order valence-electron chi connectivity index (χ0n) is 7.88. The minimum absolute atomic E-state index is 0.207. The van der Waals surface area contributed by atoms with Gasteiger partial charge < -0.3 is 9.47 Å². The molecule has 3 rings (SSSR count). The molecule has 2 nitrogen and oxygen atoms in total. The maximum atomic E-state index is 5.82. The average Bonchev–Trinajstić information content (AvgIpc) is 2.48. The SMILES string of the molecule is CC1(Br)[C@H]2CCCC3(OCCO3)[C@H]21. The molecule has 0 N–H and O–H groups in total. The van der Waals surface area contributed by atoms with Crippen LogP contribution in [-0.2, 0) is 9.47 Å². The predicted octanol–water partition coefficient (Wildman–Crippen LogP) is 2.31. The molecule has 1 spiro atoms. The summed E-state index contributed by atoms with van der Waals surface area (Å²) in [5.41, 5.74) is 0. The summed E-state index contributed by atoms with van der Waals surface area (Å²) in [7, 11) is 0. The number of fused-ring (bicyclic) bond motifs is 2. The van der Waals surface area contributed by atoms with Crippen molar-refractivity contribution in [2.24, 2.45) is 11.8 Å². The van der Waals surface area contributed by atoms with Crippen LogP contribution in [0.4, 0.5) is 0 Å². The molecule has 1 saturated heterocycles. The largest absolute Gasteiger partial charge is 0.347 e. The molecule has 13 heavy (non-hydrogen) atoms. The van der Waals surface area contributed by atoms with Crippen molar-refractivity contribution < 1.29 is 9.47 Å². The molecule has 3 aliphatic rings. The third-order valence-corrected chi connectivity index (χ3v) is 5.00. The summed E-state index contributed by atoms with van der Waals surface area (Å²) in [6.45, 7) is 3.85. The van der Waals surface area contributed by atoms with Gasteiger partial charge in [0.25, 0.3) is 0 Å². The van der Waals surface area contributed by atoms with Crippen molar-refractivity contribution >= 4 is 15.9 Å². The van der Waals surface area contributed by atoms with Crippen LogP contribution in [-0.4, -0.2) is 23.3 Å². The van der Waals surface area contributed by atoms with Crippen LogP contribution in [0.25, 0.3) is 0 Å². The minimum atomic E-state index is -0.207. The van der Waals surface area contributed by atoms with Gasteiger partial charge in [-0.3, -0.25) is 0 Å². The molecule has 1 aliphatic heterocycles. The lowest BCUT2D eigenvalue weighted by molar-refractivity contribution is -0.189. The quantitative estimate of drug-likeness (QED) is 0.611. The Balaban J connectivity index is 1.89. The van der Waals surface area contributed by atoms with Crippen molar-refractivity contribution in [3.05, 3.63) is 0 Å². The summed E-state index contributed by atoms with van der Waals surface area (Å²) in [4.78, 5) is 0. The van der Waals surface area contributed by atoms with Crippen LogP contribution in [0.5, 0.6) is 0 Å². The van der Waals surface area contributed by atoms with E-state index in [0.717, 1.165) is 25.6 Å². The summed E-state index contributed by atoms with van der Waals surface area (Å²) >= 11 is 3.80. The van der Waals surface area contributed by atoms with Crippen molar-refractivity contribution in [1.82, 2.24) is 0 Å². The van der Waals surface area contributed by atoms with Gasteiger partial charge in [-0.05, 0) is 25.7 Å². The van der Waals surface area contributed by atoms with Crippen LogP contribution >= 0.6 is 15.9 Å². The van der Waals surface area contributed by atoms with Crippen molar-refractivity contribution in [2.75, 3.05) is 13.2 Å². The average molecular weight is 247 g/mol. The highest BCUT2D eigenvalue weighted by atomic mass is 79.9. The lowest BCUT2D eigenvalue weighted by atomic mass is 9.94. The van der Waals surface area contributed by atoms with E-state index in [-0.39, 0.29) is 10.1 Å². The van der Waals surface area contributed by atoms with E-state index in [9.17, 15) is 0 Å². The fourth-order valence-electron chi connectivity index (χ4n) is 3.27. The molecule has 0 amide bonds. The van der Waals surface area contributed by atoms with Gasteiger partial charge in [-0.1, -0.05) is 15.9 Å². The van der Waals surface area contributed by atoms with Crippen LogP contribution in [0.3, 0.4) is 0 Å². The second-order valence-corrected chi connectivity index (χ2v) is 6.35. The standard InChI is InChI=1S/C10H15BrO2/c1-9(11)7-3-2-4-10(8(7)9)12-5-6-13-10/h7-8H,2-6H2,1H3/t7-,8+,9?/m0/s1. The predicted molar refractivity (Wildman–Crippen MR) is 52.8 cm³/mol. The number of rotatable bonds is 0. The first-order valence-corrected chi connectivity index (χ1v) is 5.93. The number of alkyl halides is 1. The van der Waals surface area contributed by atoms with E-state index in [2.05, 4.69) is 22.9 Å². The van der Waals surface area contributed by atoms with Crippen molar-refractivity contribution in [1.29, 1.82) is 0 Å². The normalized spacial score (nSPS) is 52.2. The molecule has 3 heteroatoms. The summed E-state index contributed by atoms with van der Waals surface area (Å²) < 4.78 is 11.9. The number of halogens is 1. The third-order valence-electron chi connectivity index (χ3n) is 3.92. The first kappa shape index (κ1) is 8.69. The van der Waals surface area contributed by atoms with E-state index < -0.39 is 0 Å². The van der Waals surface area contributed by atoms with Gasteiger partial charge in [0, 0.05) is 16.7 Å². The van der Waals surface area contributed by atoms with Gasteiger partial charge in [0.1, 0.15) is 0 Å². The monoisotopic (exact) mass is 246 g/mol. The van der Waals surface area contributed by atoms with E-state index in [0.29, 0.717) is 5.92 Å². The molecule has 3 fully saturated rings. The Hall–Kier alpha value is 0.400. The van der Waals surface area contributed by atoms with Crippen molar-refractivity contribution in [2.45, 2.75) is 36.3 Å². The second kappa shape index (κ2) is 2.50. The van der Waals surface area contributed by atoms with E-state index >= 15 is 0 Å². The van der Waals surface area contributed by atoms with Crippen LogP contribution in [0, 0.1) is 11.8 Å². The topological polar surface area (TPSA) is 18.5 Å². The van der Waals surface area contributed by atoms with Gasteiger partial charge in [-0.15, -0.1) is 0 Å². The van der Waals surface area contributed by atoms with Gasteiger partial charge in [0.05, 0.1) is 13.2 Å². The molecule has 0 bridgehead atoms. The van der Waals surface area contributed by atoms with Gasteiger partial charge >= 0.3 is 0 Å². The molecular weight excluding hydrogens is 232 g/mol. The molecule has 0 radical (unpaired) electrons. The fourth-order valence-corrected chi connectivity index (χ4v) is 4.30. The second-order valence-electron chi connectivity index (χ2n) is 4.64. The molecule has 2 saturated carbocycles. The van der Waals surface area contributed by atoms with E-state index in [4.69, 9.17) is 9.47 Å². The first-order valence-electron chi connectivity index (χ1n) is 5.14. The third kappa shape index (κ3) is 1.01. The molecule has 3 atom stereocenters. The molecule has 1 unspecified atom stereocenters. The Bertz CT molecular complexity index is 233. The zero-order valence-corrected chi connectivity index (χ0v) is 9.47. The van der Waals surface area contributed by atoms with Gasteiger partial charge in [0.15, 0.2) is 5.79 Å². The van der Waals surface area contributed by atoms with E-state index in [1.807, 2.05) is 0 Å². The Morgan fingerprint density at radius 2 is 2.00 bits per heavy atom. The van der Waals surface area contributed by atoms with Crippen LogP contribution in [0.15, 0.2) is 0 Å². The molecule has 74 valence electrons. The van der Waals surface area contributed by atoms with Gasteiger partial charge in [-0.2, -0.15) is 0 Å². The van der Waals surface area contributed by atoms with Crippen LogP contribution < -0.4 is 0 Å². The molecular formula is C10H15BrO2. The molecule has 0 aromatic heterocycles. The zero-order chi connectivity index (χ0) is 9.10. The molecule has 2 aliphatic carbocycles. The summed E-state index contributed by atoms with van der Waals surface area (Å²) in [6.07, 6.45) is 3.68. The maximum absolute atomic E-state index is 5.82. The van der Waals surface area contributed by atoms with Gasteiger partial charge in [-0.25, -0.2) is 0 Å². The smallest absolute Gasteiger partial charge is 0.172 e. The van der Waals surface area contributed by atoms with Crippen LogP contribution in [0.1, 0.15) is 26.2 Å². The fraction of sp³-hybridized carbons (Fsp3) is 1.00. The lowest BCUT2D eigenvalue weighted by Crippen LogP contribution is -2.37. The Morgan fingerprint density at radius 1 is 1.31 bits per heavy atom. The highest BCUT2D eigenvalue weighted by Gasteiger charge is 2.71. The van der Waals surface area contributed by atoms with Crippen molar-refractivity contribution in [3.8, 4) is 0 Å². The van der Waals surface area contributed by atoms with E-state index in [1.54, 1.807) is 0 Å². The molecule has 1 heterocycles. The summed E-state index contributed by atoms with van der Waals surface area (Å²) in [6, 6.07) is 0. The van der Waals surface area contributed by atoms with Crippen molar-refractivity contribution in [3.63, 3.8) is 0 Å². The number of ether oxygens (including phenoxy) is 2. The number of hydrogen-bond donors (Lipinski definition) is 0. The van der Waals surface area contributed by atoms with E-state index in [1.165, 1.54) is 12.8 Å². The highest BCUT2D eigenvalue weighted by Crippen LogP contribution is 2.68. The Labute approximate surface area is 87.1 Å². The highest BCUT2D eigenvalue weighted by molar-refractivity contribution is 9.10. The molecule has 0 aromatic rings. The first-order chi connectivity index (χ1) is 6.17. The number of hydrogen-bond acceptors (Lipinski definition) is 2. The summed E-state index contributed by atoms with van der Waals surface area (Å²) in [5.74, 6) is 1.16. The Morgan fingerprint density at radius 3 is 2.69 bits per heavy atom.